The standard InChI is InChI=1S/C10H17N7/c1-4-8-7(6-16(2)14-8)10(13-11)9-5-12-15-17(9)3/h5-6,10,13H,4,11H2,1-3H3. The van der Waals surface area contributed by atoms with Crippen molar-refractivity contribution in [3.8, 4) is 0 Å². The van der Waals surface area contributed by atoms with Gasteiger partial charge in [0.15, 0.2) is 0 Å². The number of rotatable bonds is 4. The van der Waals surface area contributed by atoms with Crippen LogP contribution in [0.4, 0.5) is 0 Å². The first kappa shape index (κ1) is 11.7. The first-order valence-electron chi connectivity index (χ1n) is 5.50. The zero-order chi connectivity index (χ0) is 12.4. The molecule has 92 valence electrons. The third-order valence-corrected chi connectivity index (χ3v) is 2.80. The van der Waals surface area contributed by atoms with Crippen LogP contribution in [0.25, 0.3) is 0 Å². The molecule has 1 atom stereocenters. The van der Waals surface area contributed by atoms with Gasteiger partial charge in [-0.15, -0.1) is 5.10 Å². The lowest BCUT2D eigenvalue weighted by Crippen LogP contribution is -2.30. The minimum Gasteiger partial charge on any atom is -0.275 e. The molecular weight excluding hydrogens is 218 g/mol. The molecule has 0 saturated carbocycles. The first-order chi connectivity index (χ1) is 8.17. The normalized spacial score (nSPS) is 12.9. The lowest BCUT2D eigenvalue weighted by molar-refractivity contribution is 0.567. The highest BCUT2D eigenvalue weighted by Gasteiger charge is 2.21. The van der Waals surface area contributed by atoms with Gasteiger partial charge in [-0.25, -0.2) is 5.43 Å². The summed E-state index contributed by atoms with van der Waals surface area (Å²) in [5.41, 5.74) is 5.79. The van der Waals surface area contributed by atoms with Crippen LogP contribution in [0, 0.1) is 0 Å². The van der Waals surface area contributed by atoms with Gasteiger partial charge in [-0.3, -0.25) is 15.2 Å². The summed E-state index contributed by atoms with van der Waals surface area (Å²) in [4.78, 5) is 0. The van der Waals surface area contributed by atoms with Crippen LogP contribution in [0.2, 0.25) is 0 Å². The van der Waals surface area contributed by atoms with Crippen LogP contribution in [0.1, 0.15) is 29.9 Å². The molecule has 0 bridgehead atoms. The van der Waals surface area contributed by atoms with E-state index in [0.29, 0.717) is 0 Å². The topological polar surface area (TPSA) is 86.6 Å². The molecule has 7 heteroatoms. The molecular formula is C10H17N7. The van der Waals surface area contributed by atoms with E-state index in [9.17, 15) is 0 Å². The van der Waals surface area contributed by atoms with Crippen LogP contribution in [0.5, 0.6) is 0 Å². The second-order valence-corrected chi connectivity index (χ2v) is 3.94. The summed E-state index contributed by atoms with van der Waals surface area (Å²) in [5.74, 6) is 5.64. The summed E-state index contributed by atoms with van der Waals surface area (Å²) < 4.78 is 3.50. The van der Waals surface area contributed by atoms with E-state index >= 15 is 0 Å². The molecule has 0 aliphatic carbocycles. The Morgan fingerprint density at radius 2 is 2.24 bits per heavy atom. The molecule has 0 fully saturated rings. The molecule has 0 saturated heterocycles. The summed E-state index contributed by atoms with van der Waals surface area (Å²) >= 11 is 0. The number of hydrazine groups is 1. The van der Waals surface area contributed by atoms with Gasteiger partial charge in [-0.2, -0.15) is 5.10 Å². The van der Waals surface area contributed by atoms with Crippen molar-refractivity contribution in [2.45, 2.75) is 19.4 Å². The molecule has 3 N–H and O–H groups in total. The van der Waals surface area contributed by atoms with Crippen LogP contribution >= 0.6 is 0 Å². The Bertz CT molecular complexity index is 498. The van der Waals surface area contributed by atoms with Crippen LogP contribution in [-0.4, -0.2) is 24.8 Å². The lowest BCUT2D eigenvalue weighted by atomic mass is 10.0. The van der Waals surface area contributed by atoms with Gasteiger partial charge in [0.25, 0.3) is 0 Å². The molecule has 0 aliphatic rings. The number of nitrogens with two attached hydrogens (primary N) is 1. The van der Waals surface area contributed by atoms with Gasteiger partial charge in [0, 0.05) is 25.9 Å². The van der Waals surface area contributed by atoms with Crippen molar-refractivity contribution < 1.29 is 0 Å². The number of hydrogen-bond donors (Lipinski definition) is 2. The predicted molar refractivity (Wildman–Crippen MR) is 62.8 cm³/mol. The average Bonchev–Trinajstić information content (AvgIpc) is 2.88. The van der Waals surface area contributed by atoms with Crippen LogP contribution in [0.15, 0.2) is 12.4 Å². The van der Waals surface area contributed by atoms with E-state index in [0.717, 1.165) is 23.4 Å². The minimum atomic E-state index is -0.140. The molecule has 2 heterocycles. The molecule has 7 nitrogen and oxygen atoms in total. The summed E-state index contributed by atoms with van der Waals surface area (Å²) in [7, 11) is 3.74. The van der Waals surface area contributed by atoms with E-state index in [1.807, 2.05) is 20.3 Å². The Morgan fingerprint density at radius 3 is 2.76 bits per heavy atom. The van der Waals surface area contributed by atoms with E-state index in [4.69, 9.17) is 5.84 Å². The first-order valence-corrected chi connectivity index (χ1v) is 5.50. The monoisotopic (exact) mass is 235 g/mol. The Labute approximate surface area is 99.6 Å². The van der Waals surface area contributed by atoms with Crippen molar-refractivity contribution in [1.82, 2.24) is 30.2 Å². The smallest absolute Gasteiger partial charge is 0.0927 e. The van der Waals surface area contributed by atoms with Gasteiger partial charge in [0.05, 0.1) is 23.6 Å². The van der Waals surface area contributed by atoms with Crippen molar-refractivity contribution in [1.29, 1.82) is 0 Å². The number of aromatic nitrogens is 5. The van der Waals surface area contributed by atoms with Crippen LogP contribution in [0.3, 0.4) is 0 Å². The number of hydrogen-bond acceptors (Lipinski definition) is 5. The SMILES string of the molecule is CCc1nn(C)cc1C(NN)c1cnnn1C. The zero-order valence-corrected chi connectivity index (χ0v) is 10.3. The number of nitrogens with one attached hydrogen (secondary N) is 1. The van der Waals surface area contributed by atoms with Crippen molar-refractivity contribution >= 4 is 0 Å². The molecule has 2 aromatic rings. The third kappa shape index (κ3) is 2.06. The fourth-order valence-electron chi connectivity index (χ4n) is 1.96. The molecule has 2 aromatic heterocycles. The fraction of sp³-hybridized carbons (Fsp3) is 0.500. The van der Waals surface area contributed by atoms with Gasteiger partial charge < -0.3 is 0 Å². The average molecular weight is 235 g/mol. The van der Waals surface area contributed by atoms with Gasteiger partial charge >= 0.3 is 0 Å². The van der Waals surface area contributed by atoms with Crippen molar-refractivity contribution in [2.24, 2.45) is 19.9 Å². The van der Waals surface area contributed by atoms with E-state index in [-0.39, 0.29) is 6.04 Å². The predicted octanol–water partition coefficient (Wildman–Crippen LogP) is -0.336. The van der Waals surface area contributed by atoms with Gasteiger partial charge in [-0.1, -0.05) is 12.1 Å². The fourth-order valence-corrected chi connectivity index (χ4v) is 1.96. The summed E-state index contributed by atoms with van der Waals surface area (Å²) in [5, 5.41) is 12.2. The quantitative estimate of drug-likeness (QED) is 0.559. The van der Waals surface area contributed by atoms with E-state index in [1.54, 1.807) is 15.6 Å². The summed E-state index contributed by atoms with van der Waals surface area (Å²) in [6, 6.07) is -0.140. The molecule has 1 unspecified atom stereocenters. The maximum Gasteiger partial charge on any atom is 0.0927 e. The van der Waals surface area contributed by atoms with E-state index in [1.165, 1.54) is 0 Å². The van der Waals surface area contributed by atoms with Gasteiger partial charge in [0.1, 0.15) is 0 Å². The number of nitrogens with zero attached hydrogens (tertiary/aromatic N) is 5. The second kappa shape index (κ2) is 4.64. The van der Waals surface area contributed by atoms with Gasteiger partial charge in [-0.05, 0) is 6.42 Å². The molecule has 0 spiro atoms. The second-order valence-electron chi connectivity index (χ2n) is 3.94. The molecule has 2 rings (SSSR count). The van der Waals surface area contributed by atoms with Crippen LogP contribution in [-0.2, 0) is 20.5 Å². The molecule has 0 radical (unpaired) electrons. The van der Waals surface area contributed by atoms with Gasteiger partial charge in [0.2, 0.25) is 0 Å². The molecule has 0 aliphatic heterocycles. The summed E-state index contributed by atoms with van der Waals surface area (Å²) in [6.45, 7) is 2.07. The number of aryl methyl sites for hydroxylation is 3. The Hall–Kier alpha value is -1.73. The van der Waals surface area contributed by atoms with Crippen molar-refractivity contribution in [3.05, 3.63) is 29.3 Å². The highest BCUT2D eigenvalue weighted by molar-refractivity contribution is 5.28. The lowest BCUT2D eigenvalue weighted by Gasteiger charge is -2.15. The highest BCUT2D eigenvalue weighted by Crippen LogP contribution is 2.22. The van der Waals surface area contributed by atoms with E-state index in [2.05, 4.69) is 27.8 Å². The third-order valence-electron chi connectivity index (χ3n) is 2.80. The van der Waals surface area contributed by atoms with Crippen LogP contribution < -0.4 is 11.3 Å². The maximum absolute atomic E-state index is 5.64. The largest absolute Gasteiger partial charge is 0.275 e. The summed E-state index contributed by atoms with van der Waals surface area (Å²) in [6.07, 6.45) is 4.53. The Kier molecular flexibility index (Phi) is 3.21. The maximum atomic E-state index is 5.64. The Morgan fingerprint density at radius 1 is 1.47 bits per heavy atom. The van der Waals surface area contributed by atoms with E-state index < -0.39 is 0 Å². The molecule has 17 heavy (non-hydrogen) atoms. The van der Waals surface area contributed by atoms with Crippen molar-refractivity contribution in [2.75, 3.05) is 0 Å². The minimum absolute atomic E-state index is 0.140. The molecule has 0 aromatic carbocycles. The Balaban J connectivity index is 2.45. The highest BCUT2D eigenvalue weighted by atomic mass is 15.4. The molecule has 0 amide bonds. The zero-order valence-electron chi connectivity index (χ0n) is 10.3. The van der Waals surface area contributed by atoms with Crippen molar-refractivity contribution in [3.63, 3.8) is 0 Å².